The van der Waals surface area contributed by atoms with Gasteiger partial charge in [0.1, 0.15) is 5.69 Å². The molecule has 98 valence electrons. The number of aromatic amines is 1. The maximum Gasteiger partial charge on any atom is 0.352 e. The van der Waals surface area contributed by atoms with E-state index in [1.807, 2.05) is 0 Å². The highest BCUT2D eigenvalue weighted by Gasteiger charge is 2.11. The quantitative estimate of drug-likeness (QED) is 0.880. The molecule has 0 aliphatic heterocycles. The van der Waals surface area contributed by atoms with Crippen LogP contribution in [0.5, 0.6) is 0 Å². The second-order valence-electron chi connectivity index (χ2n) is 3.59. The second-order valence-corrected chi connectivity index (χ2v) is 4.47. The molecule has 0 fully saturated rings. The third-order valence-electron chi connectivity index (χ3n) is 2.27. The monoisotopic (exact) mass is 300 g/mol. The van der Waals surface area contributed by atoms with Crippen LogP contribution in [0.3, 0.4) is 0 Å². The molecule has 0 spiro atoms. The van der Waals surface area contributed by atoms with Gasteiger partial charge in [0.05, 0.1) is 5.69 Å². The molecule has 0 amide bonds. The van der Waals surface area contributed by atoms with Crippen molar-refractivity contribution in [1.29, 1.82) is 0 Å². The molecule has 0 bridgehead atoms. The first-order chi connectivity index (χ1) is 8.88. The van der Waals surface area contributed by atoms with E-state index in [1.54, 1.807) is 0 Å². The SMILES string of the molecule is O=C(O)c1cc(=O)n(-c2cc(Cl)cc(Cl)c2)c(=O)[nH]1. The minimum absolute atomic E-state index is 0.153. The summed E-state index contributed by atoms with van der Waals surface area (Å²) in [7, 11) is 0. The van der Waals surface area contributed by atoms with Crippen LogP contribution in [-0.2, 0) is 0 Å². The maximum atomic E-state index is 11.8. The molecular weight excluding hydrogens is 295 g/mol. The van der Waals surface area contributed by atoms with E-state index in [2.05, 4.69) is 4.98 Å². The van der Waals surface area contributed by atoms with E-state index in [0.29, 0.717) is 0 Å². The zero-order valence-corrected chi connectivity index (χ0v) is 10.7. The number of nitrogens with zero attached hydrogens (tertiary/aromatic N) is 1. The normalized spacial score (nSPS) is 10.4. The van der Waals surface area contributed by atoms with E-state index in [4.69, 9.17) is 28.3 Å². The summed E-state index contributed by atoms with van der Waals surface area (Å²) >= 11 is 11.6. The maximum absolute atomic E-state index is 11.8. The molecule has 2 rings (SSSR count). The minimum Gasteiger partial charge on any atom is -0.477 e. The highest BCUT2D eigenvalue weighted by atomic mass is 35.5. The van der Waals surface area contributed by atoms with Crippen molar-refractivity contribution in [2.24, 2.45) is 0 Å². The highest BCUT2D eigenvalue weighted by molar-refractivity contribution is 6.34. The largest absolute Gasteiger partial charge is 0.477 e. The van der Waals surface area contributed by atoms with Gasteiger partial charge >= 0.3 is 11.7 Å². The van der Waals surface area contributed by atoms with E-state index >= 15 is 0 Å². The van der Waals surface area contributed by atoms with Crippen molar-refractivity contribution in [3.05, 3.63) is 60.8 Å². The Hall–Kier alpha value is -2.05. The molecule has 0 saturated heterocycles. The molecule has 6 nitrogen and oxygen atoms in total. The Morgan fingerprint density at radius 2 is 1.68 bits per heavy atom. The van der Waals surface area contributed by atoms with Gasteiger partial charge in [0.15, 0.2) is 0 Å². The molecule has 0 aliphatic rings. The summed E-state index contributed by atoms with van der Waals surface area (Å²) in [4.78, 5) is 36.3. The Balaban J connectivity index is 2.73. The molecule has 0 aliphatic carbocycles. The van der Waals surface area contributed by atoms with Gasteiger partial charge in [-0.3, -0.25) is 4.79 Å². The van der Waals surface area contributed by atoms with Crippen molar-refractivity contribution in [3.8, 4) is 5.69 Å². The van der Waals surface area contributed by atoms with E-state index < -0.39 is 22.9 Å². The lowest BCUT2D eigenvalue weighted by atomic mass is 10.3. The van der Waals surface area contributed by atoms with Crippen LogP contribution >= 0.6 is 23.2 Å². The summed E-state index contributed by atoms with van der Waals surface area (Å²) in [5.74, 6) is -1.40. The molecule has 0 unspecified atom stereocenters. The fraction of sp³-hybridized carbons (Fsp3) is 0. The number of aromatic nitrogens is 2. The Bertz CT molecular complexity index is 727. The van der Waals surface area contributed by atoms with Crippen LogP contribution in [0.1, 0.15) is 10.5 Å². The van der Waals surface area contributed by atoms with E-state index in [1.165, 1.54) is 18.2 Å². The second kappa shape index (κ2) is 4.91. The molecule has 0 atom stereocenters. The van der Waals surface area contributed by atoms with Crippen molar-refractivity contribution in [2.75, 3.05) is 0 Å². The van der Waals surface area contributed by atoms with Gasteiger partial charge in [-0.05, 0) is 18.2 Å². The van der Waals surface area contributed by atoms with E-state index in [9.17, 15) is 14.4 Å². The molecule has 2 N–H and O–H groups in total. The number of benzene rings is 1. The van der Waals surface area contributed by atoms with Crippen molar-refractivity contribution in [2.45, 2.75) is 0 Å². The average Bonchev–Trinajstić information content (AvgIpc) is 2.26. The summed E-state index contributed by atoms with van der Waals surface area (Å²) in [6, 6.07) is 4.98. The van der Waals surface area contributed by atoms with Crippen LogP contribution in [0.4, 0.5) is 0 Å². The third-order valence-corrected chi connectivity index (χ3v) is 2.71. The number of aromatic carboxylic acids is 1. The Labute approximate surface area is 115 Å². The lowest BCUT2D eigenvalue weighted by Crippen LogP contribution is -2.35. The van der Waals surface area contributed by atoms with Crippen LogP contribution in [-0.4, -0.2) is 20.6 Å². The first-order valence-electron chi connectivity index (χ1n) is 4.94. The molecule has 8 heteroatoms. The minimum atomic E-state index is -1.40. The number of carbonyl (C=O) groups is 1. The molecule has 1 heterocycles. The molecule has 19 heavy (non-hydrogen) atoms. The number of nitrogens with one attached hydrogen (secondary N) is 1. The Morgan fingerprint density at radius 1 is 1.11 bits per heavy atom. The zero-order chi connectivity index (χ0) is 14.2. The topological polar surface area (TPSA) is 92.2 Å². The zero-order valence-electron chi connectivity index (χ0n) is 9.18. The highest BCUT2D eigenvalue weighted by Crippen LogP contribution is 2.20. The summed E-state index contributed by atoms with van der Waals surface area (Å²) in [5.41, 5.74) is -2.01. The first kappa shape index (κ1) is 13.4. The van der Waals surface area contributed by atoms with Crippen molar-refractivity contribution >= 4 is 29.2 Å². The summed E-state index contributed by atoms with van der Waals surface area (Å²) in [6.07, 6.45) is 0. The predicted molar refractivity (Wildman–Crippen MR) is 69.6 cm³/mol. The number of hydrogen-bond acceptors (Lipinski definition) is 3. The van der Waals surface area contributed by atoms with Gasteiger partial charge in [-0.2, -0.15) is 0 Å². The van der Waals surface area contributed by atoms with Gasteiger partial charge in [-0.1, -0.05) is 23.2 Å². The van der Waals surface area contributed by atoms with Gasteiger partial charge < -0.3 is 10.1 Å². The van der Waals surface area contributed by atoms with E-state index in [0.717, 1.165) is 10.6 Å². The first-order valence-corrected chi connectivity index (χ1v) is 5.70. The van der Waals surface area contributed by atoms with Crippen molar-refractivity contribution in [3.63, 3.8) is 0 Å². The lowest BCUT2D eigenvalue weighted by Gasteiger charge is -2.06. The number of rotatable bonds is 2. The van der Waals surface area contributed by atoms with Gasteiger partial charge in [0.25, 0.3) is 5.56 Å². The predicted octanol–water partition coefficient (Wildman–Crippen LogP) is 1.53. The van der Waals surface area contributed by atoms with Crippen LogP contribution in [0.15, 0.2) is 33.9 Å². The molecule has 1 aromatic carbocycles. The van der Waals surface area contributed by atoms with Crippen LogP contribution < -0.4 is 11.2 Å². The van der Waals surface area contributed by atoms with Gasteiger partial charge in [0.2, 0.25) is 0 Å². The Kier molecular flexibility index (Phi) is 3.46. The molecule has 1 aromatic heterocycles. The van der Waals surface area contributed by atoms with Gasteiger partial charge in [-0.15, -0.1) is 0 Å². The number of halogens is 2. The smallest absolute Gasteiger partial charge is 0.352 e. The molecule has 2 aromatic rings. The molecular formula is C11H6Cl2N2O4. The van der Waals surface area contributed by atoms with Crippen LogP contribution in [0, 0.1) is 0 Å². The number of H-pyrrole nitrogens is 1. The fourth-order valence-corrected chi connectivity index (χ4v) is 2.04. The third kappa shape index (κ3) is 2.69. The standard InChI is InChI=1S/C11H6Cl2N2O4/c12-5-1-6(13)3-7(2-5)15-9(16)4-8(10(17)18)14-11(15)19/h1-4H,(H,14,19)(H,17,18). The van der Waals surface area contributed by atoms with Crippen molar-refractivity contribution in [1.82, 2.24) is 9.55 Å². The number of carboxylic acid groups (broad SMARTS) is 1. The summed E-state index contributed by atoms with van der Waals surface area (Å²) < 4.78 is 0.740. The molecule has 0 radical (unpaired) electrons. The van der Waals surface area contributed by atoms with Crippen LogP contribution in [0.25, 0.3) is 5.69 Å². The molecule has 0 saturated carbocycles. The van der Waals surface area contributed by atoms with Crippen LogP contribution in [0.2, 0.25) is 10.0 Å². The number of carboxylic acids is 1. The van der Waals surface area contributed by atoms with Gasteiger partial charge in [-0.25, -0.2) is 14.2 Å². The Morgan fingerprint density at radius 3 is 2.16 bits per heavy atom. The summed E-state index contributed by atoms with van der Waals surface area (Å²) in [5, 5.41) is 9.22. The lowest BCUT2D eigenvalue weighted by molar-refractivity contribution is 0.0689. The average molecular weight is 301 g/mol. The van der Waals surface area contributed by atoms with Crippen molar-refractivity contribution < 1.29 is 9.90 Å². The van der Waals surface area contributed by atoms with Gasteiger partial charge in [0, 0.05) is 16.1 Å². The fourth-order valence-electron chi connectivity index (χ4n) is 1.52. The number of hydrogen-bond donors (Lipinski definition) is 2. The summed E-state index contributed by atoms with van der Waals surface area (Å²) in [6.45, 7) is 0. The van der Waals surface area contributed by atoms with E-state index in [-0.39, 0.29) is 15.7 Å².